The molecule has 0 heterocycles. The minimum atomic E-state index is -1.09. The Balaban J connectivity index is 1.39. The molecule has 2 atom stereocenters. The molecule has 2 heteroatoms. The lowest BCUT2D eigenvalue weighted by Crippen LogP contribution is -2.14. The quantitative estimate of drug-likeness (QED) is 0.724. The first-order chi connectivity index (χ1) is 10.3. The van der Waals surface area contributed by atoms with E-state index in [1.165, 1.54) is 5.56 Å². The van der Waals surface area contributed by atoms with Crippen molar-refractivity contribution < 1.29 is 9.13 Å². The Kier molecular flexibility index (Phi) is 4.35. The van der Waals surface area contributed by atoms with Crippen LogP contribution in [0.5, 0.6) is 0 Å². The molecule has 110 valence electrons. The number of hydrogen-bond donors (Lipinski definition) is 0. The normalized spacial score (nSPS) is 24.0. The summed E-state index contributed by atoms with van der Waals surface area (Å²) in [5.41, 5.74) is 1.29. The van der Waals surface area contributed by atoms with Crippen LogP contribution in [0.1, 0.15) is 24.0 Å². The molecule has 0 saturated heterocycles. The van der Waals surface area contributed by atoms with Gasteiger partial charge in [0.25, 0.3) is 0 Å². The number of halogens is 1. The van der Waals surface area contributed by atoms with Crippen LogP contribution in [0, 0.1) is 5.92 Å². The number of alkyl halides is 1. The van der Waals surface area contributed by atoms with E-state index in [1.54, 1.807) is 0 Å². The molecular weight excluding hydrogens is 263 g/mol. The highest BCUT2D eigenvalue weighted by Gasteiger charge is 2.54. The van der Waals surface area contributed by atoms with Crippen molar-refractivity contribution in [3.05, 3.63) is 71.8 Å². The fraction of sp³-hybridized carbons (Fsp3) is 0.368. The predicted molar refractivity (Wildman–Crippen MR) is 82.8 cm³/mol. The van der Waals surface area contributed by atoms with Crippen LogP contribution in [0.4, 0.5) is 4.39 Å². The molecule has 3 rings (SSSR count). The largest absolute Gasteiger partial charge is 0.373 e. The number of benzene rings is 2. The molecule has 0 spiro atoms. The van der Waals surface area contributed by atoms with Gasteiger partial charge >= 0.3 is 0 Å². The van der Waals surface area contributed by atoms with Gasteiger partial charge in [0, 0.05) is 0 Å². The van der Waals surface area contributed by atoms with E-state index in [1.807, 2.05) is 48.5 Å². The molecule has 1 aliphatic carbocycles. The fourth-order valence-corrected chi connectivity index (χ4v) is 2.79. The molecule has 21 heavy (non-hydrogen) atoms. The number of hydrogen-bond acceptors (Lipinski definition) is 1. The van der Waals surface area contributed by atoms with Crippen LogP contribution in [-0.4, -0.2) is 12.3 Å². The number of aryl methyl sites for hydroxylation is 1. The first-order valence-electron chi connectivity index (χ1n) is 7.61. The van der Waals surface area contributed by atoms with Crippen LogP contribution in [-0.2, 0) is 17.8 Å². The van der Waals surface area contributed by atoms with E-state index in [2.05, 4.69) is 12.1 Å². The highest BCUT2D eigenvalue weighted by molar-refractivity contribution is 5.16. The van der Waals surface area contributed by atoms with Gasteiger partial charge in [0.1, 0.15) is 5.67 Å². The molecule has 1 nitrogen and oxygen atoms in total. The summed E-state index contributed by atoms with van der Waals surface area (Å²) >= 11 is 0. The average molecular weight is 284 g/mol. The van der Waals surface area contributed by atoms with Gasteiger partial charge in [-0.25, -0.2) is 4.39 Å². The summed E-state index contributed by atoms with van der Waals surface area (Å²) in [5, 5.41) is 0. The second kappa shape index (κ2) is 6.40. The van der Waals surface area contributed by atoms with Gasteiger partial charge in [0.2, 0.25) is 0 Å². The summed E-state index contributed by atoms with van der Waals surface area (Å²) < 4.78 is 20.0. The molecule has 2 aromatic rings. The van der Waals surface area contributed by atoms with E-state index < -0.39 is 5.67 Å². The van der Waals surface area contributed by atoms with E-state index in [0.717, 1.165) is 18.4 Å². The molecule has 0 bridgehead atoms. The maximum Gasteiger partial charge on any atom is 0.137 e. The van der Waals surface area contributed by atoms with Gasteiger partial charge in [0.05, 0.1) is 13.2 Å². The Hall–Kier alpha value is -1.67. The van der Waals surface area contributed by atoms with E-state index in [-0.39, 0.29) is 12.5 Å². The molecule has 2 unspecified atom stereocenters. The van der Waals surface area contributed by atoms with Crippen LogP contribution in [0.15, 0.2) is 60.7 Å². The number of ether oxygens (including phenoxy) is 1. The van der Waals surface area contributed by atoms with Crippen LogP contribution in [0.3, 0.4) is 0 Å². The molecule has 0 N–H and O–H groups in total. The van der Waals surface area contributed by atoms with Gasteiger partial charge in [0.15, 0.2) is 0 Å². The van der Waals surface area contributed by atoms with Crippen molar-refractivity contribution >= 4 is 0 Å². The lowest BCUT2D eigenvalue weighted by Gasteiger charge is -2.09. The Morgan fingerprint density at radius 3 is 2.24 bits per heavy atom. The Morgan fingerprint density at radius 1 is 0.952 bits per heavy atom. The third kappa shape index (κ3) is 3.92. The maximum absolute atomic E-state index is 14.4. The zero-order chi connectivity index (χ0) is 14.5. The fourth-order valence-electron chi connectivity index (χ4n) is 2.79. The van der Waals surface area contributed by atoms with Crippen LogP contribution in [0.25, 0.3) is 0 Å². The van der Waals surface area contributed by atoms with Crippen molar-refractivity contribution in [3.8, 4) is 0 Å². The van der Waals surface area contributed by atoms with Crippen molar-refractivity contribution in [1.29, 1.82) is 0 Å². The third-order valence-corrected chi connectivity index (χ3v) is 4.24. The zero-order valence-electron chi connectivity index (χ0n) is 12.2. The second-order valence-corrected chi connectivity index (χ2v) is 5.94. The summed E-state index contributed by atoms with van der Waals surface area (Å²) in [6, 6.07) is 20.2. The summed E-state index contributed by atoms with van der Waals surface area (Å²) in [6.45, 7) is 0.721. The maximum atomic E-state index is 14.4. The van der Waals surface area contributed by atoms with Crippen molar-refractivity contribution in [2.75, 3.05) is 6.61 Å². The predicted octanol–water partition coefficient (Wildman–Crippen LogP) is 4.56. The van der Waals surface area contributed by atoms with Crippen LogP contribution >= 0.6 is 0 Å². The van der Waals surface area contributed by atoms with Gasteiger partial charge in [-0.05, 0) is 36.3 Å². The molecule has 0 aromatic heterocycles. The van der Waals surface area contributed by atoms with E-state index in [9.17, 15) is 4.39 Å². The minimum Gasteiger partial charge on any atom is -0.373 e. The van der Waals surface area contributed by atoms with E-state index in [0.29, 0.717) is 13.0 Å². The van der Waals surface area contributed by atoms with Crippen molar-refractivity contribution in [2.45, 2.75) is 31.5 Å². The first-order valence-corrected chi connectivity index (χ1v) is 7.61. The molecule has 0 radical (unpaired) electrons. The molecule has 1 saturated carbocycles. The summed E-state index contributed by atoms with van der Waals surface area (Å²) in [5.74, 6) is 0.161. The summed E-state index contributed by atoms with van der Waals surface area (Å²) in [7, 11) is 0. The standard InChI is InChI=1S/C19H21FO/c20-19(15-21-14-17-9-5-2-6-10-17)13-18(19)12-11-16-7-3-1-4-8-16/h1-10,18H,11-15H2. The minimum absolute atomic E-state index is 0.161. The molecule has 0 aliphatic heterocycles. The van der Waals surface area contributed by atoms with Gasteiger partial charge in [-0.1, -0.05) is 60.7 Å². The molecule has 1 fully saturated rings. The Morgan fingerprint density at radius 2 is 1.57 bits per heavy atom. The van der Waals surface area contributed by atoms with Gasteiger partial charge in [-0.2, -0.15) is 0 Å². The lowest BCUT2D eigenvalue weighted by atomic mass is 10.1. The van der Waals surface area contributed by atoms with E-state index >= 15 is 0 Å². The Labute approximate surface area is 125 Å². The van der Waals surface area contributed by atoms with Gasteiger partial charge in [-0.3, -0.25) is 0 Å². The highest BCUT2D eigenvalue weighted by Crippen LogP contribution is 2.50. The topological polar surface area (TPSA) is 9.23 Å². The highest BCUT2D eigenvalue weighted by atomic mass is 19.1. The zero-order valence-corrected chi connectivity index (χ0v) is 12.2. The SMILES string of the molecule is FC1(COCc2ccccc2)CC1CCc1ccccc1. The first kappa shape index (κ1) is 14.3. The number of rotatable bonds is 7. The summed E-state index contributed by atoms with van der Waals surface area (Å²) in [6.07, 6.45) is 2.51. The Bertz CT molecular complexity index is 554. The summed E-state index contributed by atoms with van der Waals surface area (Å²) in [4.78, 5) is 0. The van der Waals surface area contributed by atoms with Crippen molar-refractivity contribution in [1.82, 2.24) is 0 Å². The smallest absolute Gasteiger partial charge is 0.137 e. The monoisotopic (exact) mass is 284 g/mol. The molecule has 2 aromatic carbocycles. The third-order valence-electron chi connectivity index (χ3n) is 4.24. The average Bonchev–Trinajstić information content (AvgIpc) is 3.18. The van der Waals surface area contributed by atoms with Crippen LogP contribution in [0.2, 0.25) is 0 Å². The van der Waals surface area contributed by atoms with Gasteiger partial charge < -0.3 is 4.74 Å². The molecule has 0 amide bonds. The van der Waals surface area contributed by atoms with E-state index in [4.69, 9.17) is 4.74 Å². The van der Waals surface area contributed by atoms with Crippen molar-refractivity contribution in [2.24, 2.45) is 5.92 Å². The van der Waals surface area contributed by atoms with Crippen LogP contribution < -0.4 is 0 Å². The van der Waals surface area contributed by atoms with Crippen molar-refractivity contribution in [3.63, 3.8) is 0 Å². The molecule has 1 aliphatic rings. The van der Waals surface area contributed by atoms with Gasteiger partial charge in [-0.15, -0.1) is 0 Å². The lowest BCUT2D eigenvalue weighted by molar-refractivity contribution is 0.0509. The second-order valence-electron chi connectivity index (χ2n) is 5.94. The molecular formula is C19H21FO.